The Morgan fingerprint density at radius 1 is 0.977 bits per heavy atom. The van der Waals surface area contributed by atoms with Gasteiger partial charge < -0.3 is 15.4 Å². The molecule has 1 atom stereocenters. The van der Waals surface area contributed by atoms with Crippen molar-refractivity contribution >= 4 is 29.3 Å². The van der Waals surface area contributed by atoms with Gasteiger partial charge in [-0.25, -0.2) is 9.07 Å². The zero-order valence-electron chi connectivity index (χ0n) is 24.7. The Labute approximate surface area is 260 Å². The van der Waals surface area contributed by atoms with Crippen LogP contribution in [0.15, 0.2) is 113 Å². The van der Waals surface area contributed by atoms with Gasteiger partial charge in [0.15, 0.2) is 0 Å². The monoisotopic (exact) mass is 605 g/mol. The van der Waals surface area contributed by atoms with Gasteiger partial charge in [0.1, 0.15) is 24.2 Å². The molecule has 1 aromatic heterocycles. The molecule has 5 aromatic rings. The van der Waals surface area contributed by atoms with Crippen LogP contribution in [0.25, 0.3) is 0 Å². The number of hydrogen-bond donors (Lipinski definition) is 2. The summed E-state index contributed by atoms with van der Waals surface area (Å²) in [6, 6.07) is 29.7. The molecule has 7 nitrogen and oxygen atoms in total. The number of allylic oxidation sites excluding steroid dienone is 1. The zero-order chi connectivity index (χ0) is 30.6. The lowest BCUT2D eigenvalue weighted by Crippen LogP contribution is -2.31. The van der Waals surface area contributed by atoms with Crippen LogP contribution in [0, 0.1) is 19.7 Å². The molecule has 44 heavy (non-hydrogen) atoms. The molecule has 0 spiro atoms. The van der Waals surface area contributed by atoms with Crippen LogP contribution >= 0.6 is 11.8 Å². The van der Waals surface area contributed by atoms with Crippen molar-refractivity contribution in [2.24, 2.45) is 0 Å². The quantitative estimate of drug-likeness (QED) is 0.167. The standard InChI is InChI=1S/C35H32FN5O2S/c1-22-13-18-30(23(2)19-22)38-33(42)31-24(3)37-34-39-35(44-21-27-11-7-8-12-29(27)36)40-41(34)32(31)26-14-16-28(17-15-26)43-20-25-9-5-4-6-10-25/h4-19,32H,20-21H2,1-3H3,(H,38,42)(H,37,39,40). The molecule has 9 heteroatoms. The van der Waals surface area contributed by atoms with Gasteiger partial charge in [0.05, 0.1) is 5.57 Å². The first-order valence-electron chi connectivity index (χ1n) is 14.3. The molecule has 1 amide bonds. The summed E-state index contributed by atoms with van der Waals surface area (Å²) in [4.78, 5) is 18.6. The molecule has 4 aromatic carbocycles. The zero-order valence-corrected chi connectivity index (χ0v) is 25.5. The summed E-state index contributed by atoms with van der Waals surface area (Å²) < 4.78 is 22.0. The van der Waals surface area contributed by atoms with Crippen LogP contribution in [0.3, 0.4) is 0 Å². The number of rotatable bonds is 9. The average molecular weight is 606 g/mol. The second-order valence-corrected chi connectivity index (χ2v) is 11.7. The van der Waals surface area contributed by atoms with E-state index in [0.717, 1.165) is 27.9 Å². The van der Waals surface area contributed by atoms with E-state index in [0.29, 0.717) is 46.0 Å². The minimum Gasteiger partial charge on any atom is -0.489 e. The number of ether oxygens (including phenoxy) is 1. The lowest BCUT2D eigenvalue weighted by molar-refractivity contribution is -0.113. The first-order valence-corrected chi connectivity index (χ1v) is 15.3. The van der Waals surface area contributed by atoms with Crippen molar-refractivity contribution in [1.29, 1.82) is 0 Å². The molecule has 0 saturated carbocycles. The van der Waals surface area contributed by atoms with E-state index in [-0.39, 0.29) is 11.7 Å². The maximum Gasteiger partial charge on any atom is 0.255 e. The van der Waals surface area contributed by atoms with E-state index < -0.39 is 6.04 Å². The van der Waals surface area contributed by atoms with Crippen molar-refractivity contribution in [3.8, 4) is 5.75 Å². The normalized spacial score (nSPS) is 14.1. The lowest BCUT2D eigenvalue weighted by Gasteiger charge is -2.29. The van der Waals surface area contributed by atoms with Crippen molar-refractivity contribution < 1.29 is 13.9 Å². The summed E-state index contributed by atoms with van der Waals surface area (Å²) in [5.74, 6) is 1.10. The summed E-state index contributed by atoms with van der Waals surface area (Å²) in [6.45, 7) is 6.31. The molecular weight excluding hydrogens is 573 g/mol. The highest BCUT2D eigenvalue weighted by molar-refractivity contribution is 7.98. The number of amides is 1. The Hall–Kier alpha value is -4.89. The number of aryl methyl sites for hydroxylation is 2. The van der Waals surface area contributed by atoms with Crippen LogP contribution in [-0.4, -0.2) is 20.7 Å². The number of thioether (sulfide) groups is 1. The van der Waals surface area contributed by atoms with Crippen LogP contribution < -0.4 is 15.4 Å². The van der Waals surface area contributed by atoms with Gasteiger partial charge >= 0.3 is 0 Å². The Morgan fingerprint density at radius 2 is 1.73 bits per heavy atom. The first-order chi connectivity index (χ1) is 21.4. The van der Waals surface area contributed by atoms with Crippen LogP contribution in [-0.2, 0) is 17.2 Å². The Bertz CT molecular complexity index is 1840. The summed E-state index contributed by atoms with van der Waals surface area (Å²) in [6.07, 6.45) is 0. The fraction of sp³-hybridized carbons (Fsp3) is 0.171. The molecule has 6 rings (SSSR count). The van der Waals surface area contributed by atoms with Gasteiger partial charge in [-0.1, -0.05) is 90.1 Å². The third-order valence-electron chi connectivity index (χ3n) is 7.47. The third-order valence-corrected chi connectivity index (χ3v) is 8.35. The highest BCUT2D eigenvalue weighted by Gasteiger charge is 2.34. The van der Waals surface area contributed by atoms with Gasteiger partial charge in [0, 0.05) is 17.1 Å². The predicted molar refractivity (Wildman–Crippen MR) is 172 cm³/mol. The van der Waals surface area contributed by atoms with E-state index in [4.69, 9.17) is 14.8 Å². The minimum absolute atomic E-state index is 0.238. The molecule has 0 saturated heterocycles. The van der Waals surface area contributed by atoms with Crippen molar-refractivity contribution in [3.63, 3.8) is 0 Å². The number of nitrogens with zero attached hydrogens (tertiary/aromatic N) is 3. The SMILES string of the molecule is CC1=C(C(=O)Nc2ccc(C)cc2C)C(c2ccc(OCc3ccccc3)cc2)n2nc(SCc3ccccc3F)nc2N1. The Kier molecular flexibility index (Phi) is 8.47. The number of carbonyl (C=O) groups is 1. The molecule has 222 valence electrons. The highest BCUT2D eigenvalue weighted by Crippen LogP contribution is 2.38. The molecule has 2 heterocycles. The largest absolute Gasteiger partial charge is 0.489 e. The van der Waals surface area contributed by atoms with Gasteiger partial charge in [-0.15, -0.1) is 5.10 Å². The van der Waals surface area contributed by atoms with E-state index in [2.05, 4.69) is 10.6 Å². The van der Waals surface area contributed by atoms with E-state index in [1.807, 2.05) is 99.6 Å². The number of aromatic nitrogens is 3. The molecule has 0 fully saturated rings. The van der Waals surface area contributed by atoms with E-state index in [9.17, 15) is 9.18 Å². The van der Waals surface area contributed by atoms with Gasteiger partial charge in [-0.2, -0.15) is 4.98 Å². The molecule has 0 bridgehead atoms. The van der Waals surface area contributed by atoms with E-state index in [1.54, 1.807) is 16.8 Å². The second-order valence-electron chi connectivity index (χ2n) is 10.7. The minimum atomic E-state index is -0.560. The molecule has 1 unspecified atom stereocenters. The summed E-state index contributed by atoms with van der Waals surface area (Å²) in [5, 5.41) is 11.7. The summed E-state index contributed by atoms with van der Waals surface area (Å²) >= 11 is 1.34. The van der Waals surface area contributed by atoms with Crippen LogP contribution in [0.5, 0.6) is 5.75 Å². The van der Waals surface area contributed by atoms with Crippen molar-refractivity contribution in [2.75, 3.05) is 10.6 Å². The third kappa shape index (κ3) is 6.38. The summed E-state index contributed by atoms with van der Waals surface area (Å²) in [5.41, 5.74) is 6.53. The van der Waals surface area contributed by atoms with Gasteiger partial charge in [-0.3, -0.25) is 4.79 Å². The molecule has 1 aliphatic heterocycles. The maximum absolute atomic E-state index is 14.3. The van der Waals surface area contributed by atoms with E-state index in [1.165, 1.54) is 17.8 Å². The fourth-order valence-corrected chi connectivity index (χ4v) is 6.00. The first kappa shape index (κ1) is 29.2. The average Bonchev–Trinajstić information content (AvgIpc) is 3.43. The number of halogens is 1. The maximum atomic E-state index is 14.3. The number of hydrogen-bond acceptors (Lipinski definition) is 6. The molecule has 0 radical (unpaired) electrons. The van der Waals surface area contributed by atoms with Gasteiger partial charge in [0.2, 0.25) is 11.1 Å². The van der Waals surface area contributed by atoms with Gasteiger partial charge in [0.25, 0.3) is 5.91 Å². The fourth-order valence-electron chi connectivity index (χ4n) is 5.18. The molecule has 1 aliphatic rings. The van der Waals surface area contributed by atoms with E-state index >= 15 is 0 Å². The van der Waals surface area contributed by atoms with Crippen LogP contribution in [0.1, 0.15) is 40.8 Å². The number of fused-ring (bicyclic) bond motifs is 1. The molecular formula is C35H32FN5O2S. The predicted octanol–water partition coefficient (Wildman–Crippen LogP) is 7.83. The Morgan fingerprint density at radius 3 is 2.48 bits per heavy atom. The number of carbonyl (C=O) groups excluding carboxylic acids is 1. The van der Waals surface area contributed by atoms with Crippen LogP contribution in [0.4, 0.5) is 16.0 Å². The molecule has 0 aliphatic carbocycles. The lowest BCUT2D eigenvalue weighted by atomic mass is 9.94. The molecule has 2 N–H and O–H groups in total. The number of nitrogens with one attached hydrogen (secondary N) is 2. The van der Waals surface area contributed by atoms with Crippen molar-refractivity contribution in [1.82, 2.24) is 14.8 Å². The second kappa shape index (κ2) is 12.8. The topological polar surface area (TPSA) is 81.1 Å². The summed E-state index contributed by atoms with van der Waals surface area (Å²) in [7, 11) is 0. The van der Waals surface area contributed by atoms with Crippen molar-refractivity contribution in [3.05, 3.63) is 142 Å². The number of benzene rings is 4. The van der Waals surface area contributed by atoms with Crippen LogP contribution in [0.2, 0.25) is 0 Å². The van der Waals surface area contributed by atoms with Gasteiger partial charge in [-0.05, 0) is 67.3 Å². The smallest absolute Gasteiger partial charge is 0.255 e. The Balaban J connectivity index is 1.31. The van der Waals surface area contributed by atoms with Crippen molar-refractivity contribution in [2.45, 2.75) is 44.3 Å². The highest BCUT2D eigenvalue weighted by atomic mass is 32.2. The number of anilines is 2.